The van der Waals surface area contributed by atoms with Gasteiger partial charge in [0.25, 0.3) is 0 Å². The Bertz CT molecular complexity index is 5910. The smallest absolute Gasteiger partial charge is 0.143 e. The van der Waals surface area contributed by atoms with Gasteiger partial charge in [0.15, 0.2) is 0 Å². The van der Waals surface area contributed by atoms with Gasteiger partial charge in [-0.2, -0.15) is 0 Å². The molecule has 2 aromatic heterocycles. The molecule has 0 aliphatic heterocycles. The van der Waals surface area contributed by atoms with Crippen LogP contribution in [0.3, 0.4) is 0 Å². The van der Waals surface area contributed by atoms with Gasteiger partial charge in [-0.15, -0.1) is 0 Å². The molecule has 0 radical (unpaired) electrons. The third-order valence-corrected chi connectivity index (χ3v) is 14.8. The Morgan fingerprint density at radius 3 is 1.18 bits per heavy atom. The Morgan fingerprint density at radius 2 is 0.649 bits per heavy atom. The van der Waals surface area contributed by atoms with Gasteiger partial charge in [0.2, 0.25) is 0 Å². The fourth-order valence-corrected chi connectivity index (χ4v) is 11.5. The van der Waals surface area contributed by atoms with Crippen LogP contribution in [0.2, 0.25) is 0 Å². The molecule has 0 saturated heterocycles. The normalized spacial score (nSPS) is 15.7. The summed E-state index contributed by atoms with van der Waals surface area (Å²) in [5.74, 6) is 0. The third kappa shape index (κ3) is 5.65. The van der Waals surface area contributed by atoms with Crippen molar-refractivity contribution in [2.24, 2.45) is 0 Å². The van der Waals surface area contributed by atoms with Crippen LogP contribution in [0, 0.1) is 0 Å². The van der Waals surface area contributed by atoms with Crippen molar-refractivity contribution in [1.82, 2.24) is 0 Å². The molecule has 0 saturated carbocycles. The predicted molar refractivity (Wildman–Crippen MR) is 313 cm³/mol. The van der Waals surface area contributed by atoms with Crippen LogP contribution in [-0.4, -0.2) is 0 Å². The SMILES string of the molecule is [2H]c1c([2H])c2c([2H])c([2H])c3c([2H])c([2H])c(-c4cc(-c5cc(-c6cc(-c7c([2H])c([2H])c8c([2H])c([2H])c9c([2H])c([2H])c([2H])c%10c([2H])c([2H])c7c8c9%10)c7oc8ccccc8c7c6)cc(-c6cccc7ccccc67)c5)cc5c4oc4ccccc45)c4c([2H])c([2H])c(c1[2H])c2c34. The fourth-order valence-electron chi connectivity index (χ4n) is 11.5. The zero-order valence-electron chi connectivity index (χ0n) is 56.5. The molecule has 0 spiro atoms. The zero-order valence-corrected chi connectivity index (χ0v) is 38.5. The zero-order chi connectivity index (χ0) is 63.8. The molecule has 0 bridgehead atoms. The van der Waals surface area contributed by atoms with Crippen molar-refractivity contribution in [2.75, 3.05) is 0 Å². The molecule has 340 valence electrons. The standard InChI is InChI=1S/C72H40O2/c1-2-16-53-41(10-1)11-9-19-54(53)52-35-48(50-37-61(71-63(39-50)57-17-3-5-20-65(57)73-71)55-30-26-46-24-22-42-12-7-14-44-28-32-59(55)69(46)67(42)44)34-49(36-52)51-38-62(72-64(40-51)58-18-4-6-21-66(58)74-72)56-31-27-47-25-23-43-13-8-15-45-29-33-60(56)70(47)68(43)45/h1-40H/i7D,8D,12D,13D,14D,15D,22D,23D,24D,25D,26D,27D,28D,29D,30D,31D,32D,33D. The average molecular weight is 955 g/mol. The Kier molecular flexibility index (Phi) is 5.36. The second-order valence-corrected chi connectivity index (χ2v) is 18.8. The topological polar surface area (TPSA) is 26.3 Å². The largest absolute Gasteiger partial charge is 0.455 e. The summed E-state index contributed by atoms with van der Waals surface area (Å²) in [6.45, 7) is 0. The van der Waals surface area contributed by atoms with E-state index >= 15 is 0 Å². The summed E-state index contributed by atoms with van der Waals surface area (Å²) < 4.78 is 182. The van der Waals surface area contributed by atoms with Crippen molar-refractivity contribution in [3.8, 4) is 55.6 Å². The van der Waals surface area contributed by atoms with E-state index in [-0.39, 0.29) is 98.1 Å². The van der Waals surface area contributed by atoms with Crippen molar-refractivity contribution in [1.29, 1.82) is 0 Å². The molecule has 0 aliphatic rings. The van der Waals surface area contributed by atoms with Gasteiger partial charge in [-0.25, -0.2) is 0 Å². The van der Waals surface area contributed by atoms with Gasteiger partial charge in [-0.3, -0.25) is 0 Å². The summed E-state index contributed by atoms with van der Waals surface area (Å²) in [6, 6.07) is 33.3. The summed E-state index contributed by atoms with van der Waals surface area (Å²) in [7, 11) is 0. The van der Waals surface area contributed by atoms with E-state index < -0.39 is 109 Å². The second-order valence-electron chi connectivity index (χ2n) is 18.8. The summed E-state index contributed by atoms with van der Waals surface area (Å²) in [4.78, 5) is 0. The quantitative estimate of drug-likeness (QED) is 0.161. The molecule has 74 heavy (non-hydrogen) atoms. The average Bonchev–Trinajstić information content (AvgIpc) is 1.55. The number of benzene rings is 15. The van der Waals surface area contributed by atoms with E-state index in [0.29, 0.717) is 55.0 Å². The van der Waals surface area contributed by atoms with Crippen molar-refractivity contribution in [2.45, 2.75) is 0 Å². The van der Waals surface area contributed by atoms with E-state index in [2.05, 4.69) is 0 Å². The van der Waals surface area contributed by atoms with Gasteiger partial charge in [0, 0.05) is 32.7 Å². The van der Waals surface area contributed by atoms with E-state index in [9.17, 15) is 13.7 Å². The number of fused-ring (bicyclic) bond motifs is 7. The molecule has 0 atom stereocenters. The minimum atomic E-state index is -0.579. The molecule has 2 heteroatoms. The first-order valence-electron chi connectivity index (χ1n) is 33.1. The van der Waals surface area contributed by atoms with Gasteiger partial charge in [0.05, 0.1) is 24.7 Å². The second kappa shape index (κ2) is 14.9. The molecule has 0 fully saturated rings. The number of para-hydroxylation sites is 2. The van der Waals surface area contributed by atoms with Crippen LogP contribution in [-0.2, 0) is 0 Å². The van der Waals surface area contributed by atoms with E-state index in [4.69, 9.17) is 19.8 Å². The van der Waals surface area contributed by atoms with Crippen molar-refractivity contribution in [3.63, 3.8) is 0 Å². The highest BCUT2D eigenvalue weighted by Gasteiger charge is 2.23. The molecule has 2 heterocycles. The molecule has 0 N–H and O–H groups in total. The van der Waals surface area contributed by atoms with Crippen LogP contribution in [0.4, 0.5) is 0 Å². The first-order chi connectivity index (χ1) is 44.2. The van der Waals surface area contributed by atoms with Crippen LogP contribution >= 0.6 is 0 Å². The van der Waals surface area contributed by atoms with Crippen LogP contribution in [0.5, 0.6) is 0 Å². The van der Waals surface area contributed by atoms with E-state index in [1.54, 1.807) is 24.3 Å². The molecule has 2 nitrogen and oxygen atoms in total. The molecule has 0 aliphatic carbocycles. The maximum atomic E-state index is 9.96. The lowest BCUT2D eigenvalue weighted by molar-refractivity contribution is 0.669. The van der Waals surface area contributed by atoms with E-state index in [1.807, 2.05) is 109 Å². The summed E-state index contributed by atoms with van der Waals surface area (Å²) in [5.41, 5.74) is 5.88. The highest BCUT2D eigenvalue weighted by atomic mass is 16.3. The monoisotopic (exact) mass is 954 g/mol. The van der Waals surface area contributed by atoms with Crippen LogP contribution in [0.25, 0.3) is 175 Å². The molecule has 15 aromatic carbocycles. The Labute approximate surface area is 449 Å². The first kappa shape index (κ1) is 26.6. The number of furan rings is 2. The maximum Gasteiger partial charge on any atom is 0.143 e. The Balaban J connectivity index is 1.01. The van der Waals surface area contributed by atoms with Crippen molar-refractivity contribution in [3.05, 3.63) is 242 Å². The Morgan fingerprint density at radius 1 is 0.243 bits per heavy atom. The molecule has 0 amide bonds. The van der Waals surface area contributed by atoms with Gasteiger partial charge in [0.1, 0.15) is 22.3 Å². The van der Waals surface area contributed by atoms with Gasteiger partial charge in [-0.05, 0) is 175 Å². The first-order valence-corrected chi connectivity index (χ1v) is 24.1. The highest BCUT2D eigenvalue weighted by Crippen LogP contribution is 2.48. The van der Waals surface area contributed by atoms with Crippen LogP contribution < -0.4 is 0 Å². The van der Waals surface area contributed by atoms with E-state index in [1.165, 1.54) is 0 Å². The van der Waals surface area contributed by atoms with Crippen molar-refractivity contribution < 1.29 is 33.5 Å². The molecular weight excluding hydrogens is 897 g/mol. The molecule has 17 rings (SSSR count). The lowest BCUT2D eigenvalue weighted by atomic mass is 9.86. The Hall–Kier alpha value is -9.76. The summed E-state index contributed by atoms with van der Waals surface area (Å²) >= 11 is 0. The number of hydrogen-bond donors (Lipinski definition) is 0. The predicted octanol–water partition coefficient (Wildman–Crippen LogP) is 20.8. The summed E-state index contributed by atoms with van der Waals surface area (Å²) in [5, 5.41) is 3.40. The lowest BCUT2D eigenvalue weighted by Crippen LogP contribution is -1.91. The third-order valence-electron chi connectivity index (χ3n) is 14.8. The summed E-state index contributed by atoms with van der Waals surface area (Å²) in [6.07, 6.45) is 0. The molecule has 0 unspecified atom stereocenters. The minimum Gasteiger partial charge on any atom is -0.455 e. The highest BCUT2D eigenvalue weighted by molar-refractivity contribution is 6.28. The molecule has 17 aromatic rings. The molecular formula is C72H40O2. The maximum absolute atomic E-state index is 9.96. The lowest BCUT2D eigenvalue weighted by Gasteiger charge is -2.17. The minimum absolute atomic E-state index is 0.0000124. The fraction of sp³-hybridized carbons (Fsp3) is 0. The van der Waals surface area contributed by atoms with Gasteiger partial charge < -0.3 is 8.83 Å². The van der Waals surface area contributed by atoms with Crippen molar-refractivity contribution >= 4 is 119 Å². The van der Waals surface area contributed by atoms with E-state index in [0.717, 1.165) is 21.9 Å². The van der Waals surface area contributed by atoms with Crippen LogP contribution in [0.1, 0.15) is 24.7 Å². The van der Waals surface area contributed by atoms with Gasteiger partial charge in [-0.1, -0.05) is 188 Å². The number of rotatable bonds is 5. The van der Waals surface area contributed by atoms with Crippen LogP contribution in [0.15, 0.2) is 251 Å². The van der Waals surface area contributed by atoms with Gasteiger partial charge >= 0.3 is 0 Å². The number of hydrogen-bond acceptors (Lipinski definition) is 2.